The first kappa shape index (κ1) is 7.03. The molecule has 1 rings (SSSR count). The maximum atomic E-state index is 5.38. The summed E-state index contributed by atoms with van der Waals surface area (Å²) >= 11 is 0. The molecule has 0 spiro atoms. The molecule has 1 fully saturated rings. The van der Waals surface area contributed by atoms with Gasteiger partial charge in [0.05, 0.1) is 6.10 Å². The summed E-state index contributed by atoms with van der Waals surface area (Å²) in [6.45, 7) is 1.70. The molecule has 0 aromatic rings. The zero-order valence-corrected chi connectivity index (χ0v) is 5.93. The van der Waals surface area contributed by atoms with Crippen molar-refractivity contribution in [2.24, 2.45) is 0 Å². The van der Waals surface area contributed by atoms with Crippen LogP contribution in [0, 0.1) is 0 Å². The van der Waals surface area contributed by atoms with Crippen molar-refractivity contribution in [1.82, 2.24) is 0 Å². The van der Waals surface area contributed by atoms with Crippen molar-refractivity contribution in [3.05, 3.63) is 0 Å². The van der Waals surface area contributed by atoms with Gasteiger partial charge in [-0.15, -0.1) is 0 Å². The van der Waals surface area contributed by atoms with Crippen LogP contribution in [0.3, 0.4) is 0 Å². The second-order valence-electron chi connectivity index (χ2n) is 2.42. The standard InChI is InChI=1S/C7H14O2/c1-8-5-2-6-9-7-3-4-7/h7H,2-6H2,1H3. The molecule has 0 N–H and O–H groups in total. The molecule has 1 aliphatic carbocycles. The Morgan fingerprint density at radius 1 is 1.33 bits per heavy atom. The smallest absolute Gasteiger partial charge is 0.0577 e. The van der Waals surface area contributed by atoms with Crippen molar-refractivity contribution in [3.63, 3.8) is 0 Å². The highest BCUT2D eigenvalue weighted by atomic mass is 16.5. The van der Waals surface area contributed by atoms with Gasteiger partial charge in [0.25, 0.3) is 0 Å². The van der Waals surface area contributed by atoms with Gasteiger partial charge in [0.1, 0.15) is 0 Å². The second-order valence-corrected chi connectivity index (χ2v) is 2.42. The Morgan fingerprint density at radius 2 is 2.11 bits per heavy atom. The van der Waals surface area contributed by atoms with Crippen LogP contribution in [0.2, 0.25) is 0 Å². The molecule has 0 amide bonds. The predicted octanol–water partition coefficient (Wildman–Crippen LogP) is 1.20. The van der Waals surface area contributed by atoms with E-state index in [0.717, 1.165) is 19.6 Å². The van der Waals surface area contributed by atoms with Crippen LogP contribution in [0.4, 0.5) is 0 Å². The van der Waals surface area contributed by atoms with E-state index in [4.69, 9.17) is 9.47 Å². The number of hydrogen-bond acceptors (Lipinski definition) is 2. The average Bonchev–Trinajstić information content (AvgIpc) is 2.63. The van der Waals surface area contributed by atoms with Gasteiger partial charge >= 0.3 is 0 Å². The first-order valence-electron chi connectivity index (χ1n) is 3.54. The highest BCUT2D eigenvalue weighted by molar-refractivity contribution is 4.72. The van der Waals surface area contributed by atoms with Gasteiger partial charge in [-0.2, -0.15) is 0 Å². The fraction of sp³-hybridized carbons (Fsp3) is 1.00. The quantitative estimate of drug-likeness (QED) is 0.521. The molecule has 1 aliphatic rings. The monoisotopic (exact) mass is 130 g/mol. The molecule has 54 valence electrons. The minimum absolute atomic E-state index is 0.599. The summed E-state index contributed by atoms with van der Waals surface area (Å²) in [5.41, 5.74) is 0. The molecule has 0 bridgehead atoms. The lowest BCUT2D eigenvalue weighted by molar-refractivity contribution is 0.0921. The van der Waals surface area contributed by atoms with Crippen LogP contribution in [-0.2, 0) is 9.47 Å². The van der Waals surface area contributed by atoms with E-state index in [2.05, 4.69) is 0 Å². The Hall–Kier alpha value is -0.0800. The maximum Gasteiger partial charge on any atom is 0.0577 e. The Labute approximate surface area is 56.2 Å². The van der Waals surface area contributed by atoms with E-state index in [-0.39, 0.29) is 0 Å². The Balaban J connectivity index is 1.71. The molecule has 0 aromatic heterocycles. The molecule has 9 heavy (non-hydrogen) atoms. The van der Waals surface area contributed by atoms with Crippen molar-refractivity contribution in [2.75, 3.05) is 20.3 Å². The van der Waals surface area contributed by atoms with Crippen LogP contribution in [0.15, 0.2) is 0 Å². The maximum absolute atomic E-state index is 5.38. The number of rotatable bonds is 5. The molecular formula is C7H14O2. The average molecular weight is 130 g/mol. The van der Waals surface area contributed by atoms with Crippen LogP contribution >= 0.6 is 0 Å². The third kappa shape index (κ3) is 3.49. The summed E-state index contributed by atoms with van der Waals surface area (Å²) in [5, 5.41) is 0. The van der Waals surface area contributed by atoms with Crippen LogP contribution < -0.4 is 0 Å². The molecule has 0 aliphatic heterocycles. The molecule has 2 nitrogen and oxygen atoms in total. The highest BCUT2D eigenvalue weighted by Crippen LogP contribution is 2.23. The van der Waals surface area contributed by atoms with E-state index >= 15 is 0 Å². The van der Waals surface area contributed by atoms with Crippen LogP contribution in [0.25, 0.3) is 0 Å². The molecule has 0 unspecified atom stereocenters. The van der Waals surface area contributed by atoms with Crippen molar-refractivity contribution in [2.45, 2.75) is 25.4 Å². The van der Waals surface area contributed by atoms with Gasteiger partial charge in [0.15, 0.2) is 0 Å². The number of methoxy groups -OCH3 is 1. The van der Waals surface area contributed by atoms with Gasteiger partial charge in [0, 0.05) is 20.3 Å². The Kier molecular flexibility index (Phi) is 3.01. The first-order chi connectivity index (χ1) is 4.43. The lowest BCUT2D eigenvalue weighted by Crippen LogP contribution is -1.99. The van der Waals surface area contributed by atoms with E-state index in [1.165, 1.54) is 12.8 Å². The van der Waals surface area contributed by atoms with Gasteiger partial charge in [-0.05, 0) is 19.3 Å². The summed E-state index contributed by atoms with van der Waals surface area (Å²) in [6, 6.07) is 0. The largest absolute Gasteiger partial charge is 0.385 e. The van der Waals surface area contributed by atoms with Crippen LogP contribution in [0.5, 0.6) is 0 Å². The summed E-state index contributed by atoms with van der Waals surface area (Å²) < 4.78 is 10.2. The lowest BCUT2D eigenvalue weighted by Gasteiger charge is -1.99. The Morgan fingerprint density at radius 3 is 2.67 bits per heavy atom. The molecule has 0 radical (unpaired) electrons. The fourth-order valence-corrected chi connectivity index (χ4v) is 0.688. The molecule has 0 aromatic carbocycles. The van der Waals surface area contributed by atoms with Crippen LogP contribution in [-0.4, -0.2) is 26.4 Å². The lowest BCUT2D eigenvalue weighted by atomic mass is 10.5. The van der Waals surface area contributed by atoms with Gasteiger partial charge < -0.3 is 9.47 Å². The van der Waals surface area contributed by atoms with E-state index in [1.807, 2.05) is 0 Å². The van der Waals surface area contributed by atoms with Crippen molar-refractivity contribution >= 4 is 0 Å². The Bertz CT molecular complexity index is 69.3. The van der Waals surface area contributed by atoms with Crippen molar-refractivity contribution < 1.29 is 9.47 Å². The summed E-state index contributed by atoms with van der Waals surface area (Å²) in [7, 11) is 1.72. The van der Waals surface area contributed by atoms with Crippen LogP contribution in [0.1, 0.15) is 19.3 Å². The minimum Gasteiger partial charge on any atom is -0.385 e. The molecule has 0 atom stereocenters. The fourth-order valence-electron chi connectivity index (χ4n) is 0.688. The second kappa shape index (κ2) is 3.85. The summed E-state index contributed by atoms with van der Waals surface area (Å²) in [5.74, 6) is 0. The van der Waals surface area contributed by atoms with Crippen molar-refractivity contribution in [1.29, 1.82) is 0 Å². The SMILES string of the molecule is COCCCOC1CC1. The van der Waals surface area contributed by atoms with Gasteiger partial charge in [-0.25, -0.2) is 0 Å². The van der Waals surface area contributed by atoms with E-state index in [0.29, 0.717) is 6.10 Å². The molecule has 0 saturated heterocycles. The minimum atomic E-state index is 0.599. The molecule has 0 heterocycles. The number of hydrogen-bond donors (Lipinski definition) is 0. The third-order valence-corrected chi connectivity index (χ3v) is 1.37. The highest BCUT2D eigenvalue weighted by Gasteiger charge is 2.21. The topological polar surface area (TPSA) is 18.5 Å². The third-order valence-electron chi connectivity index (χ3n) is 1.37. The first-order valence-corrected chi connectivity index (χ1v) is 3.54. The van der Waals surface area contributed by atoms with E-state index in [1.54, 1.807) is 7.11 Å². The molecule has 2 heteroatoms. The summed E-state index contributed by atoms with van der Waals surface area (Å²) in [6.07, 6.45) is 4.18. The predicted molar refractivity (Wildman–Crippen MR) is 35.5 cm³/mol. The van der Waals surface area contributed by atoms with Gasteiger partial charge in [-0.3, -0.25) is 0 Å². The van der Waals surface area contributed by atoms with E-state index < -0.39 is 0 Å². The number of ether oxygens (including phenoxy) is 2. The molecular weight excluding hydrogens is 116 g/mol. The zero-order valence-electron chi connectivity index (χ0n) is 5.93. The normalized spacial score (nSPS) is 18.3. The van der Waals surface area contributed by atoms with Gasteiger partial charge in [0.2, 0.25) is 0 Å². The summed E-state index contributed by atoms with van der Waals surface area (Å²) in [4.78, 5) is 0. The van der Waals surface area contributed by atoms with Crippen molar-refractivity contribution in [3.8, 4) is 0 Å². The van der Waals surface area contributed by atoms with E-state index in [9.17, 15) is 0 Å². The van der Waals surface area contributed by atoms with Gasteiger partial charge in [-0.1, -0.05) is 0 Å². The molecule has 1 saturated carbocycles. The zero-order chi connectivity index (χ0) is 6.53.